The van der Waals surface area contributed by atoms with Crippen LogP contribution in [0.15, 0.2) is 12.1 Å². The Labute approximate surface area is 102 Å². The van der Waals surface area contributed by atoms with Crippen LogP contribution in [0.25, 0.3) is 0 Å². The average molecular weight is 259 g/mol. The molecule has 16 heavy (non-hydrogen) atoms. The van der Waals surface area contributed by atoms with E-state index in [9.17, 15) is 9.59 Å². The number of carboxylic acids is 1. The summed E-state index contributed by atoms with van der Waals surface area (Å²) in [6.07, 6.45) is 1.98. The number of nitrogens with zero attached hydrogens (tertiary/aromatic N) is 1. The van der Waals surface area contributed by atoms with Gasteiger partial charge in [0.15, 0.2) is 0 Å². The molecular weight excluding hydrogens is 246 g/mol. The van der Waals surface area contributed by atoms with Gasteiger partial charge in [-0.25, -0.2) is 4.79 Å². The lowest BCUT2D eigenvalue weighted by Gasteiger charge is -2.14. The normalized spacial score (nSPS) is 10.1. The molecule has 0 saturated carbocycles. The zero-order valence-electron chi connectivity index (χ0n) is 9.10. The Hall–Kier alpha value is -1.01. The summed E-state index contributed by atoms with van der Waals surface area (Å²) in [5.41, 5.74) is 0. The first-order valence-corrected chi connectivity index (χ1v) is 6.85. The first-order valence-electron chi connectivity index (χ1n) is 4.63. The second-order valence-electron chi connectivity index (χ2n) is 3.19. The molecule has 1 heterocycles. The topological polar surface area (TPSA) is 57.6 Å². The zero-order chi connectivity index (χ0) is 12.1. The van der Waals surface area contributed by atoms with E-state index in [1.54, 1.807) is 29.8 Å². The van der Waals surface area contributed by atoms with Crippen LogP contribution in [0.5, 0.6) is 0 Å². The summed E-state index contributed by atoms with van der Waals surface area (Å²) in [6, 6.07) is 3.02. The van der Waals surface area contributed by atoms with Crippen molar-refractivity contribution in [3.8, 4) is 0 Å². The number of aromatic carboxylic acids is 1. The molecule has 0 atom stereocenters. The minimum atomic E-state index is -0.990. The van der Waals surface area contributed by atoms with Crippen molar-refractivity contribution in [3.05, 3.63) is 21.9 Å². The van der Waals surface area contributed by atoms with E-state index in [1.807, 2.05) is 6.26 Å². The molecule has 0 aliphatic heterocycles. The molecule has 1 N–H and O–H groups in total. The average Bonchev–Trinajstić information content (AvgIpc) is 2.74. The number of rotatable bonds is 5. The third-order valence-electron chi connectivity index (χ3n) is 2.01. The Morgan fingerprint density at radius 3 is 2.56 bits per heavy atom. The Bertz CT molecular complexity index is 389. The van der Waals surface area contributed by atoms with Gasteiger partial charge in [-0.2, -0.15) is 11.8 Å². The molecule has 88 valence electrons. The predicted molar refractivity (Wildman–Crippen MR) is 66.6 cm³/mol. The molecule has 0 aliphatic carbocycles. The van der Waals surface area contributed by atoms with Gasteiger partial charge in [0.2, 0.25) is 0 Å². The number of carboxylic acid groups (broad SMARTS) is 1. The Kier molecular flexibility index (Phi) is 4.82. The highest BCUT2D eigenvalue weighted by molar-refractivity contribution is 7.98. The van der Waals surface area contributed by atoms with E-state index < -0.39 is 5.97 Å². The van der Waals surface area contributed by atoms with Crippen molar-refractivity contribution in [3.63, 3.8) is 0 Å². The van der Waals surface area contributed by atoms with Gasteiger partial charge >= 0.3 is 5.97 Å². The van der Waals surface area contributed by atoms with E-state index >= 15 is 0 Å². The number of carbonyl (C=O) groups is 2. The Balaban J connectivity index is 2.68. The molecule has 1 amide bonds. The molecule has 0 saturated heterocycles. The highest BCUT2D eigenvalue weighted by Gasteiger charge is 2.15. The van der Waals surface area contributed by atoms with Crippen molar-refractivity contribution in [2.75, 3.05) is 25.6 Å². The minimum Gasteiger partial charge on any atom is -0.477 e. The molecule has 1 aromatic rings. The van der Waals surface area contributed by atoms with Crippen molar-refractivity contribution >= 4 is 35.0 Å². The van der Waals surface area contributed by atoms with Gasteiger partial charge in [0.1, 0.15) is 4.88 Å². The maximum Gasteiger partial charge on any atom is 0.345 e. The van der Waals surface area contributed by atoms with E-state index in [4.69, 9.17) is 5.11 Å². The monoisotopic (exact) mass is 259 g/mol. The third-order valence-corrected chi connectivity index (χ3v) is 3.66. The number of amides is 1. The van der Waals surface area contributed by atoms with E-state index in [0.29, 0.717) is 11.4 Å². The van der Waals surface area contributed by atoms with Crippen LogP contribution < -0.4 is 0 Å². The fourth-order valence-electron chi connectivity index (χ4n) is 1.09. The molecule has 0 aliphatic rings. The Morgan fingerprint density at radius 2 is 2.06 bits per heavy atom. The van der Waals surface area contributed by atoms with Crippen molar-refractivity contribution in [2.24, 2.45) is 0 Å². The molecule has 0 unspecified atom stereocenters. The van der Waals surface area contributed by atoms with Crippen LogP contribution in [0.4, 0.5) is 0 Å². The third kappa shape index (κ3) is 3.24. The molecular formula is C10H13NO3S2. The molecule has 0 bridgehead atoms. The van der Waals surface area contributed by atoms with Crippen molar-refractivity contribution in [1.82, 2.24) is 4.90 Å². The van der Waals surface area contributed by atoms with Crippen molar-refractivity contribution in [1.29, 1.82) is 0 Å². The molecule has 1 rings (SSSR count). The molecule has 4 nitrogen and oxygen atoms in total. The van der Waals surface area contributed by atoms with Gasteiger partial charge in [-0.05, 0) is 18.4 Å². The van der Waals surface area contributed by atoms with Crippen molar-refractivity contribution < 1.29 is 14.7 Å². The van der Waals surface area contributed by atoms with Crippen LogP contribution >= 0.6 is 23.1 Å². The summed E-state index contributed by atoms with van der Waals surface area (Å²) >= 11 is 2.68. The number of hydrogen-bond donors (Lipinski definition) is 1. The maximum absolute atomic E-state index is 11.8. The molecule has 0 spiro atoms. The highest BCUT2D eigenvalue weighted by atomic mass is 32.2. The van der Waals surface area contributed by atoms with E-state index in [2.05, 4.69) is 0 Å². The summed E-state index contributed by atoms with van der Waals surface area (Å²) in [4.78, 5) is 24.8. The van der Waals surface area contributed by atoms with Crippen LogP contribution in [0, 0.1) is 0 Å². The number of carbonyl (C=O) groups excluding carboxylic acids is 1. The van der Waals surface area contributed by atoms with Crippen molar-refractivity contribution in [2.45, 2.75) is 0 Å². The highest BCUT2D eigenvalue weighted by Crippen LogP contribution is 2.18. The number of thiophene rings is 1. The summed E-state index contributed by atoms with van der Waals surface area (Å²) in [7, 11) is 1.72. The molecule has 0 radical (unpaired) electrons. The van der Waals surface area contributed by atoms with E-state index in [1.165, 1.54) is 6.07 Å². The van der Waals surface area contributed by atoms with E-state index in [-0.39, 0.29) is 10.8 Å². The van der Waals surface area contributed by atoms with Crippen LogP contribution in [-0.4, -0.2) is 47.5 Å². The quantitative estimate of drug-likeness (QED) is 0.877. The number of hydrogen-bond acceptors (Lipinski definition) is 4. The van der Waals surface area contributed by atoms with E-state index in [0.717, 1.165) is 17.1 Å². The number of thioether (sulfide) groups is 1. The molecule has 0 aromatic carbocycles. The fourth-order valence-corrected chi connectivity index (χ4v) is 2.38. The second-order valence-corrected chi connectivity index (χ2v) is 5.26. The maximum atomic E-state index is 11.8. The molecule has 1 aromatic heterocycles. The zero-order valence-corrected chi connectivity index (χ0v) is 10.7. The molecule has 6 heteroatoms. The van der Waals surface area contributed by atoms with Gasteiger partial charge in [0, 0.05) is 19.3 Å². The fraction of sp³-hybridized carbons (Fsp3) is 0.400. The Morgan fingerprint density at radius 1 is 1.44 bits per heavy atom. The lowest BCUT2D eigenvalue weighted by molar-refractivity contribution is 0.0701. The minimum absolute atomic E-state index is 0.119. The molecule has 0 fully saturated rings. The lowest BCUT2D eigenvalue weighted by Crippen LogP contribution is -2.28. The second kappa shape index (κ2) is 5.91. The van der Waals surface area contributed by atoms with Gasteiger partial charge in [0.25, 0.3) is 5.91 Å². The van der Waals surface area contributed by atoms with Crippen LogP contribution in [0.1, 0.15) is 19.3 Å². The standard InChI is InChI=1S/C10H13NO3S2/c1-11(5-6-15-2)9(12)7-3-4-8(16-7)10(13)14/h3-4H,5-6H2,1-2H3,(H,13,14). The summed E-state index contributed by atoms with van der Waals surface area (Å²) in [5.74, 6) is -0.235. The van der Waals surface area contributed by atoms with Crippen LogP contribution in [0.2, 0.25) is 0 Å². The smallest absolute Gasteiger partial charge is 0.345 e. The predicted octanol–water partition coefficient (Wildman–Crippen LogP) is 1.88. The van der Waals surface area contributed by atoms with Gasteiger partial charge < -0.3 is 10.0 Å². The van der Waals surface area contributed by atoms with Gasteiger partial charge in [-0.1, -0.05) is 0 Å². The SMILES string of the molecule is CSCCN(C)C(=O)c1ccc(C(=O)O)s1. The van der Waals surface area contributed by atoms with Gasteiger partial charge in [-0.3, -0.25) is 4.79 Å². The first-order chi connectivity index (χ1) is 7.56. The first kappa shape index (κ1) is 13.1. The van der Waals surface area contributed by atoms with Gasteiger partial charge in [-0.15, -0.1) is 11.3 Å². The van der Waals surface area contributed by atoms with Crippen LogP contribution in [0.3, 0.4) is 0 Å². The largest absolute Gasteiger partial charge is 0.477 e. The summed E-state index contributed by atoms with van der Waals surface area (Å²) < 4.78 is 0. The van der Waals surface area contributed by atoms with Crippen LogP contribution in [-0.2, 0) is 0 Å². The lowest BCUT2D eigenvalue weighted by atomic mass is 10.4. The summed E-state index contributed by atoms with van der Waals surface area (Å²) in [5, 5.41) is 8.74. The van der Waals surface area contributed by atoms with Gasteiger partial charge in [0.05, 0.1) is 4.88 Å². The summed E-state index contributed by atoms with van der Waals surface area (Å²) in [6.45, 7) is 0.667.